The van der Waals surface area contributed by atoms with Crippen molar-refractivity contribution in [3.63, 3.8) is 0 Å². The zero-order chi connectivity index (χ0) is 16.1. The van der Waals surface area contributed by atoms with Crippen LogP contribution in [0.3, 0.4) is 0 Å². The molecule has 0 radical (unpaired) electrons. The maximum Gasteiger partial charge on any atom is 0.218 e. The molecule has 3 heterocycles. The second-order valence-corrected chi connectivity index (χ2v) is 6.30. The minimum Gasteiger partial charge on any atom is -0.481 e. The molecule has 8 nitrogen and oxygen atoms in total. The van der Waals surface area contributed by atoms with E-state index in [2.05, 4.69) is 30.4 Å². The lowest BCUT2D eigenvalue weighted by atomic mass is 10.1. The zero-order valence-corrected chi connectivity index (χ0v) is 14.0. The Labute approximate surface area is 138 Å². The van der Waals surface area contributed by atoms with E-state index >= 15 is 0 Å². The van der Waals surface area contributed by atoms with Crippen molar-refractivity contribution >= 4 is 22.3 Å². The van der Waals surface area contributed by atoms with Gasteiger partial charge in [-0.2, -0.15) is 0 Å². The molecule has 1 saturated heterocycles. The van der Waals surface area contributed by atoms with Gasteiger partial charge in [0, 0.05) is 32.3 Å². The fraction of sp³-hybridized carbons (Fsp3) is 0.571. The van der Waals surface area contributed by atoms with Crippen LogP contribution in [-0.4, -0.2) is 53.5 Å². The van der Waals surface area contributed by atoms with Crippen LogP contribution in [0.1, 0.15) is 17.8 Å². The van der Waals surface area contributed by atoms with Crippen LogP contribution in [-0.2, 0) is 11.3 Å². The molecule has 1 aliphatic rings. The number of aromatic nitrogens is 4. The third-order valence-electron chi connectivity index (χ3n) is 3.69. The minimum atomic E-state index is 0.386. The van der Waals surface area contributed by atoms with Gasteiger partial charge >= 0.3 is 0 Å². The Bertz CT molecular complexity index is 629. The van der Waals surface area contributed by atoms with Crippen LogP contribution in [0.25, 0.3) is 0 Å². The molecule has 1 aliphatic heterocycles. The summed E-state index contributed by atoms with van der Waals surface area (Å²) in [5.74, 6) is 1.37. The molecule has 1 N–H and O–H groups in total. The molecule has 9 heteroatoms. The van der Waals surface area contributed by atoms with Crippen LogP contribution in [0, 0.1) is 0 Å². The quantitative estimate of drug-likeness (QED) is 0.851. The molecule has 2 aromatic rings. The highest BCUT2D eigenvalue weighted by atomic mass is 32.1. The summed E-state index contributed by atoms with van der Waals surface area (Å²) in [5.41, 5.74) is 0. The van der Waals surface area contributed by atoms with Crippen LogP contribution >= 0.6 is 11.3 Å². The molecule has 2 aromatic heterocycles. The van der Waals surface area contributed by atoms with Crippen LogP contribution in [0.2, 0.25) is 0 Å². The van der Waals surface area contributed by atoms with Gasteiger partial charge in [0.05, 0.1) is 7.11 Å². The van der Waals surface area contributed by atoms with Gasteiger partial charge in [-0.1, -0.05) is 11.3 Å². The molecule has 0 amide bonds. The molecule has 3 rings (SSSR count). The number of nitrogens with one attached hydrogen (secondary N) is 1. The molecule has 0 bridgehead atoms. The lowest BCUT2D eigenvalue weighted by molar-refractivity contribution is 0.184. The van der Waals surface area contributed by atoms with Crippen molar-refractivity contribution in [2.45, 2.75) is 25.5 Å². The molecule has 0 saturated carbocycles. The molecular weight excluding hydrogens is 316 g/mol. The van der Waals surface area contributed by atoms with Gasteiger partial charge in [-0.05, 0) is 12.8 Å². The Kier molecular flexibility index (Phi) is 5.19. The number of rotatable bonds is 6. The van der Waals surface area contributed by atoms with Crippen molar-refractivity contribution in [3.8, 4) is 5.88 Å². The Morgan fingerprint density at radius 2 is 2.09 bits per heavy atom. The van der Waals surface area contributed by atoms with E-state index in [0.29, 0.717) is 18.5 Å². The second kappa shape index (κ2) is 7.51. The number of methoxy groups -OCH3 is 2. The van der Waals surface area contributed by atoms with Crippen molar-refractivity contribution in [2.24, 2.45) is 0 Å². The van der Waals surface area contributed by atoms with Crippen LogP contribution < -0.4 is 15.0 Å². The van der Waals surface area contributed by atoms with Crippen LogP contribution in [0.15, 0.2) is 12.4 Å². The van der Waals surface area contributed by atoms with Crippen LogP contribution in [0.5, 0.6) is 5.88 Å². The predicted octanol–water partition coefficient (Wildman–Crippen LogP) is 1.56. The summed E-state index contributed by atoms with van der Waals surface area (Å²) in [6, 6.07) is 2.20. The van der Waals surface area contributed by atoms with E-state index in [4.69, 9.17) is 9.47 Å². The number of ether oxygens (including phenoxy) is 2. The second-order valence-electron chi connectivity index (χ2n) is 5.26. The Hall–Kier alpha value is -2.00. The molecule has 1 fully saturated rings. The molecule has 0 aromatic carbocycles. The summed E-state index contributed by atoms with van der Waals surface area (Å²) in [6.07, 6.45) is 3.55. The van der Waals surface area contributed by atoms with E-state index in [1.54, 1.807) is 25.6 Å². The first-order valence-electron chi connectivity index (χ1n) is 7.47. The molecule has 23 heavy (non-hydrogen) atoms. The van der Waals surface area contributed by atoms with Crippen LogP contribution in [0.4, 0.5) is 10.9 Å². The van der Waals surface area contributed by atoms with E-state index in [-0.39, 0.29) is 0 Å². The summed E-state index contributed by atoms with van der Waals surface area (Å²) in [4.78, 5) is 10.5. The van der Waals surface area contributed by atoms with Gasteiger partial charge in [-0.3, -0.25) is 0 Å². The Morgan fingerprint density at radius 3 is 2.83 bits per heavy atom. The number of anilines is 2. The molecule has 124 valence electrons. The van der Waals surface area contributed by atoms with E-state index < -0.39 is 0 Å². The van der Waals surface area contributed by atoms with Crippen molar-refractivity contribution in [1.29, 1.82) is 0 Å². The Balaban J connectivity index is 1.53. The first-order valence-corrected chi connectivity index (χ1v) is 8.29. The smallest absolute Gasteiger partial charge is 0.218 e. The summed E-state index contributed by atoms with van der Waals surface area (Å²) in [5, 5.41) is 13.7. The summed E-state index contributed by atoms with van der Waals surface area (Å²) in [7, 11) is 3.27. The first kappa shape index (κ1) is 15.9. The van der Waals surface area contributed by atoms with E-state index in [0.717, 1.165) is 41.9 Å². The van der Waals surface area contributed by atoms with Gasteiger partial charge < -0.3 is 19.7 Å². The van der Waals surface area contributed by atoms with Crippen molar-refractivity contribution in [1.82, 2.24) is 20.2 Å². The number of hydrogen-bond acceptors (Lipinski definition) is 9. The lowest BCUT2D eigenvalue weighted by Gasteiger charge is -2.32. The van der Waals surface area contributed by atoms with E-state index in [1.807, 2.05) is 6.07 Å². The van der Waals surface area contributed by atoms with Gasteiger partial charge in [0.1, 0.15) is 23.8 Å². The molecule has 0 spiro atoms. The maximum absolute atomic E-state index is 5.12. The topological polar surface area (TPSA) is 85.3 Å². The largest absolute Gasteiger partial charge is 0.481 e. The third kappa shape index (κ3) is 4.05. The van der Waals surface area contributed by atoms with E-state index in [9.17, 15) is 0 Å². The highest BCUT2D eigenvalue weighted by Gasteiger charge is 2.22. The average molecular weight is 336 g/mol. The van der Waals surface area contributed by atoms with Crippen molar-refractivity contribution < 1.29 is 9.47 Å². The van der Waals surface area contributed by atoms with Gasteiger partial charge in [-0.25, -0.2) is 9.97 Å². The standard InChI is InChI=1S/C14H20N6O2S/c1-21-8-13-18-19-14(23-13)20-5-3-10(4-6-20)17-11-7-12(22-2)16-9-15-11/h7,9-10H,3-6,8H2,1-2H3,(H,15,16,17). The summed E-state index contributed by atoms with van der Waals surface area (Å²) < 4.78 is 10.2. The number of piperidine rings is 1. The average Bonchev–Trinajstić information content (AvgIpc) is 3.05. The number of nitrogens with zero attached hydrogens (tertiary/aromatic N) is 5. The lowest BCUT2D eigenvalue weighted by Crippen LogP contribution is -2.39. The Morgan fingerprint density at radius 1 is 1.26 bits per heavy atom. The fourth-order valence-corrected chi connectivity index (χ4v) is 3.37. The normalized spacial score (nSPS) is 15.7. The zero-order valence-electron chi connectivity index (χ0n) is 13.2. The molecule has 0 unspecified atom stereocenters. The summed E-state index contributed by atoms with van der Waals surface area (Å²) in [6.45, 7) is 2.41. The van der Waals surface area contributed by atoms with E-state index in [1.165, 1.54) is 6.33 Å². The predicted molar refractivity (Wildman–Crippen MR) is 88.1 cm³/mol. The highest BCUT2D eigenvalue weighted by molar-refractivity contribution is 7.15. The molecule has 0 aliphatic carbocycles. The molecular formula is C14H20N6O2S. The fourth-order valence-electron chi connectivity index (χ4n) is 2.51. The van der Waals surface area contributed by atoms with Gasteiger partial charge in [0.2, 0.25) is 11.0 Å². The highest BCUT2D eigenvalue weighted by Crippen LogP contribution is 2.25. The molecule has 0 atom stereocenters. The van der Waals surface area contributed by atoms with Gasteiger partial charge in [-0.15, -0.1) is 10.2 Å². The SMILES string of the molecule is COCc1nnc(N2CCC(Nc3cc(OC)ncn3)CC2)s1. The monoisotopic (exact) mass is 336 g/mol. The third-order valence-corrected chi connectivity index (χ3v) is 4.65. The van der Waals surface area contributed by atoms with Crippen molar-refractivity contribution in [3.05, 3.63) is 17.4 Å². The van der Waals surface area contributed by atoms with Gasteiger partial charge in [0.25, 0.3) is 0 Å². The van der Waals surface area contributed by atoms with Gasteiger partial charge in [0.15, 0.2) is 0 Å². The minimum absolute atomic E-state index is 0.386. The maximum atomic E-state index is 5.12. The first-order chi connectivity index (χ1) is 11.3. The van der Waals surface area contributed by atoms with Crippen molar-refractivity contribution in [2.75, 3.05) is 37.5 Å². The number of hydrogen-bond donors (Lipinski definition) is 1. The summed E-state index contributed by atoms with van der Waals surface area (Å²) >= 11 is 1.60.